The Bertz CT molecular complexity index is 1480. The predicted octanol–water partition coefficient (Wildman–Crippen LogP) is 2.62. The van der Waals surface area contributed by atoms with Gasteiger partial charge in [-0.05, 0) is 42.1 Å². The SMILES string of the molecule is CN1C(=O)c2ccc(NC(=O)COC(=O)CCCN3C(=O)c4cccc5cccc(c45)C3=O)cc2C1=O. The number of hydrogen-bond donors (Lipinski definition) is 1. The third-order valence-electron chi connectivity index (χ3n) is 6.36. The third-order valence-corrected chi connectivity index (χ3v) is 6.36. The van der Waals surface area contributed by atoms with E-state index in [0.29, 0.717) is 16.5 Å². The van der Waals surface area contributed by atoms with Crippen molar-refractivity contribution in [2.75, 3.05) is 25.5 Å². The minimum absolute atomic E-state index is 0.0278. The molecule has 2 heterocycles. The first-order chi connectivity index (χ1) is 17.8. The molecule has 2 aliphatic heterocycles. The van der Waals surface area contributed by atoms with Crippen LogP contribution in [0.15, 0.2) is 54.6 Å². The van der Waals surface area contributed by atoms with Crippen molar-refractivity contribution in [3.8, 4) is 0 Å². The van der Waals surface area contributed by atoms with E-state index in [0.717, 1.165) is 15.2 Å². The summed E-state index contributed by atoms with van der Waals surface area (Å²) in [5.74, 6) is -2.99. The maximum Gasteiger partial charge on any atom is 0.306 e. The van der Waals surface area contributed by atoms with Gasteiger partial charge < -0.3 is 10.1 Å². The molecule has 0 radical (unpaired) electrons. The Balaban J connectivity index is 1.12. The number of anilines is 1. The second-order valence-electron chi connectivity index (χ2n) is 8.71. The molecule has 0 fully saturated rings. The van der Waals surface area contributed by atoms with Crippen LogP contribution in [0, 0.1) is 0 Å². The molecule has 0 spiro atoms. The molecule has 10 nitrogen and oxygen atoms in total. The molecule has 1 N–H and O–H groups in total. The Morgan fingerprint density at radius 3 is 2.14 bits per heavy atom. The molecule has 0 aliphatic carbocycles. The molecule has 0 bridgehead atoms. The zero-order valence-electron chi connectivity index (χ0n) is 19.8. The molecule has 0 aromatic heterocycles. The van der Waals surface area contributed by atoms with Crippen LogP contribution in [-0.4, -0.2) is 65.5 Å². The molecule has 0 atom stereocenters. The molecule has 186 valence electrons. The average molecular weight is 499 g/mol. The fourth-order valence-corrected chi connectivity index (χ4v) is 4.52. The van der Waals surface area contributed by atoms with E-state index in [1.807, 2.05) is 12.1 Å². The lowest BCUT2D eigenvalue weighted by molar-refractivity contribution is -0.147. The number of carbonyl (C=O) groups excluding carboxylic acids is 6. The van der Waals surface area contributed by atoms with Crippen LogP contribution in [0.2, 0.25) is 0 Å². The number of hydrogen-bond acceptors (Lipinski definition) is 7. The smallest absolute Gasteiger partial charge is 0.306 e. The zero-order chi connectivity index (χ0) is 26.3. The fraction of sp³-hybridized carbons (Fsp3) is 0.185. The van der Waals surface area contributed by atoms with Crippen LogP contribution in [0.4, 0.5) is 5.69 Å². The molecule has 0 saturated heterocycles. The van der Waals surface area contributed by atoms with Crippen LogP contribution in [-0.2, 0) is 14.3 Å². The summed E-state index contributed by atoms with van der Waals surface area (Å²) in [5.41, 5.74) is 1.60. The summed E-state index contributed by atoms with van der Waals surface area (Å²) in [6.07, 6.45) is 0.0720. The lowest BCUT2D eigenvalue weighted by Gasteiger charge is -2.27. The van der Waals surface area contributed by atoms with Gasteiger partial charge in [0.25, 0.3) is 29.5 Å². The monoisotopic (exact) mass is 499 g/mol. The molecule has 5 rings (SSSR count). The first kappa shape index (κ1) is 23.9. The van der Waals surface area contributed by atoms with Gasteiger partial charge in [0.1, 0.15) is 0 Å². The van der Waals surface area contributed by atoms with Crippen LogP contribution in [0.1, 0.15) is 54.3 Å². The summed E-state index contributed by atoms with van der Waals surface area (Å²) in [6, 6.07) is 14.9. The van der Waals surface area contributed by atoms with E-state index in [-0.39, 0.29) is 36.2 Å². The van der Waals surface area contributed by atoms with Crippen LogP contribution in [0.3, 0.4) is 0 Å². The number of imide groups is 2. The van der Waals surface area contributed by atoms with Crippen molar-refractivity contribution in [2.24, 2.45) is 0 Å². The molecule has 10 heteroatoms. The molecule has 5 amide bonds. The van der Waals surface area contributed by atoms with Crippen LogP contribution in [0.25, 0.3) is 10.8 Å². The summed E-state index contributed by atoms with van der Waals surface area (Å²) < 4.78 is 5.00. The normalized spacial score (nSPS) is 14.3. The molecule has 0 saturated carbocycles. The molecule has 3 aromatic carbocycles. The van der Waals surface area contributed by atoms with Gasteiger partial charge in [-0.15, -0.1) is 0 Å². The van der Waals surface area contributed by atoms with E-state index in [1.54, 1.807) is 24.3 Å². The van der Waals surface area contributed by atoms with Gasteiger partial charge >= 0.3 is 5.97 Å². The molecule has 0 unspecified atom stereocenters. The van der Waals surface area contributed by atoms with Crippen LogP contribution < -0.4 is 5.32 Å². The number of rotatable bonds is 7. The minimum Gasteiger partial charge on any atom is -0.456 e. The minimum atomic E-state index is -0.661. The number of amides is 5. The Labute approximate surface area is 210 Å². The van der Waals surface area contributed by atoms with E-state index in [9.17, 15) is 28.8 Å². The van der Waals surface area contributed by atoms with E-state index >= 15 is 0 Å². The zero-order valence-corrected chi connectivity index (χ0v) is 19.8. The van der Waals surface area contributed by atoms with Crippen molar-refractivity contribution in [3.05, 3.63) is 76.9 Å². The highest BCUT2D eigenvalue weighted by molar-refractivity contribution is 6.25. The summed E-state index contributed by atoms with van der Waals surface area (Å²) in [4.78, 5) is 76.3. The van der Waals surface area contributed by atoms with Crippen molar-refractivity contribution >= 4 is 52.0 Å². The van der Waals surface area contributed by atoms with Crippen molar-refractivity contribution in [1.29, 1.82) is 0 Å². The number of ether oxygens (including phenoxy) is 1. The summed E-state index contributed by atoms with van der Waals surface area (Å²) in [5, 5.41) is 3.96. The van der Waals surface area contributed by atoms with Gasteiger partial charge in [0.15, 0.2) is 6.61 Å². The Hall–Kier alpha value is -4.86. The fourth-order valence-electron chi connectivity index (χ4n) is 4.52. The van der Waals surface area contributed by atoms with Gasteiger partial charge in [-0.2, -0.15) is 0 Å². The third kappa shape index (κ3) is 4.22. The van der Waals surface area contributed by atoms with E-state index in [2.05, 4.69) is 5.32 Å². The van der Waals surface area contributed by atoms with Crippen LogP contribution in [0.5, 0.6) is 0 Å². The molecule has 37 heavy (non-hydrogen) atoms. The highest BCUT2D eigenvalue weighted by Gasteiger charge is 2.33. The number of fused-ring (bicyclic) bond motifs is 1. The number of carbonyl (C=O) groups is 6. The molecular weight excluding hydrogens is 478 g/mol. The molecular formula is C27H21N3O7. The maximum atomic E-state index is 12.9. The summed E-state index contributed by atoms with van der Waals surface area (Å²) >= 11 is 0. The number of nitrogens with one attached hydrogen (secondary N) is 1. The number of esters is 1. The summed E-state index contributed by atoms with van der Waals surface area (Å²) in [7, 11) is 1.37. The quantitative estimate of drug-likeness (QED) is 0.391. The van der Waals surface area contributed by atoms with Gasteiger partial charge in [0.05, 0.1) is 11.1 Å². The Morgan fingerprint density at radius 1 is 0.811 bits per heavy atom. The van der Waals surface area contributed by atoms with E-state index in [1.165, 1.54) is 25.2 Å². The van der Waals surface area contributed by atoms with E-state index in [4.69, 9.17) is 4.74 Å². The Kier molecular flexibility index (Phi) is 6.00. The topological polar surface area (TPSA) is 130 Å². The van der Waals surface area contributed by atoms with Gasteiger partial charge in [-0.3, -0.25) is 38.6 Å². The van der Waals surface area contributed by atoms with Gasteiger partial charge in [-0.25, -0.2) is 0 Å². The lowest BCUT2D eigenvalue weighted by atomic mass is 9.94. The second-order valence-corrected chi connectivity index (χ2v) is 8.71. The largest absolute Gasteiger partial charge is 0.456 e. The maximum absolute atomic E-state index is 12.9. The van der Waals surface area contributed by atoms with Gasteiger partial charge in [-0.1, -0.05) is 24.3 Å². The number of nitrogens with zero attached hydrogens (tertiary/aromatic N) is 2. The lowest BCUT2D eigenvalue weighted by Crippen LogP contribution is -2.41. The highest BCUT2D eigenvalue weighted by atomic mass is 16.5. The van der Waals surface area contributed by atoms with Gasteiger partial charge in [0.2, 0.25) is 0 Å². The second kappa shape index (κ2) is 9.30. The van der Waals surface area contributed by atoms with Crippen molar-refractivity contribution in [2.45, 2.75) is 12.8 Å². The number of benzene rings is 3. The van der Waals surface area contributed by atoms with Gasteiger partial charge in [0, 0.05) is 42.2 Å². The van der Waals surface area contributed by atoms with Crippen LogP contribution >= 0.6 is 0 Å². The average Bonchev–Trinajstić information content (AvgIpc) is 3.11. The molecule has 3 aromatic rings. The van der Waals surface area contributed by atoms with Crippen molar-refractivity contribution < 1.29 is 33.5 Å². The molecule has 2 aliphatic rings. The predicted molar refractivity (Wildman–Crippen MR) is 131 cm³/mol. The van der Waals surface area contributed by atoms with Crippen molar-refractivity contribution in [3.63, 3.8) is 0 Å². The van der Waals surface area contributed by atoms with E-state index < -0.39 is 42.1 Å². The first-order valence-electron chi connectivity index (χ1n) is 11.6. The Morgan fingerprint density at radius 2 is 1.46 bits per heavy atom. The standard InChI is InChI=1S/C27H21N3O7/c1-29-24(33)17-11-10-16(13-20(17)25(29)34)28-21(31)14-37-22(32)9-4-12-30-26(35)18-7-2-5-15-6-3-8-19(23(15)18)27(30)36/h2-3,5-8,10-11,13H,4,9,12,14H2,1H3,(H,28,31). The summed E-state index contributed by atoms with van der Waals surface area (Å²) in [6.45, 7) is -0.528. The first-order valence-corrected chi connectivity index (χ1v) is 11.6. The highest BCUT2D eigenvalue weighted by Crippen LogP contribution is 2.30. The van der Waals surface area contributed by atoms with Crippen molar-refractivity contribution in [1.82, 2.24) is 9.80 Å².